The molecule has 0 radical (unpaired) electrons. The minimum absolute atomic E-state index is 0.374. The van der Waals surface area contributed by atoms with Gasteiger partial charge < -0.3 is 15.6 Å². The van der Waals surface area contributed by atoms with Crippen molar-refractivity contribution in [3.8, 4) is 0 Å². The Bertz CT molecular complexity index is 253. The number of hydrogen-bond donors (Lipinski definition) is 2. The van der Waals surface area contributed by atoms with Crippen molar-refractivity contribution < 1.29 is 14.6 Å². The molecule has 1 aliphatic carbocycles. The van der Waals surface area contributed by atoms with E-state index >= 15 is 0 Å². The number of rotatable bonds is 2. The zero-order valence-corrected chi connectivity index (χ0v) is 13.1. The lowest BCUT2D eigenvalue weighted by Gasteiger charge is -2.29. The fourth-order valence-corrected chi connectivity index (χ4v) is 2.31. The second-order valence-electron chi connectivity index (χ2n) is 6.71. The van der Waals surface area contributed by atoms with E-state index in [0.717, 1.165) is 11.8 Å². The summed E-state index contributed by atoms with van der Waals surface area (Å²) >= 11 is 0. The average Bonchev–Trinajstić information content (AvgIpc) is 2.26. The normalized spacial score (nSPS) is 24.9. The van der Waals surface area contributed by atoms with Crippen LogP contribution in [0.3, 0.4) is 0 Å². The molecule has 3 N–H and O–H groups in total. The molecule has 0 heterocycles. The van der Waals surface area contributed by atoms with Crippen LogP contribution in [0.5, 0.6) is 0 Å². The van der Waals surface area contributed by atoms with Gasteiger partial charge in [-0.15, -0.1) is 0 Å². The van der Waals surface area contributed by atoms with E-state index in [-0.39, 0.29) is 0 Å². The number of carbonyl (C=O) groups excluding carboxylic acids is 1. The molecule has 1 unspecified atom stereocenters. The third-order valence-electron chi connectivity index (χ3n) is 3.56. The SMILES string of the molecule is CC(C)(C)OC(N)=O.CC1CCC(C(C)CO)CC1. The van der Waals surface area contributed by atoms with E-state index in [4.69, 9.17) is 10.8 Å². The summed E-state index contributed by atoms with van der Waals surface area (Å²) in [4.78, 5) is 10.0. The lowest BCUT2D eigenvalue weighted by Crippen LogP contribution is -2.27. The van der Waals surface area contributed by atoms with Gasteiger partial charge in [0, 0.05) is 6.61 Å². The van der Waals surface area contributed by atoms with Crippen LogP contribution in [0.1, 0.15) is 60.3 Å². The first-order valence-corrected chi connectivity index (χ1v) is 7.25. The summed E-state index contributed by atoms with van der Waals surface area (Å²) in [5.74, 6) is 2.26. The highest BCUT2D eigenvalue weighted by Crippen LogP contribution is 2.32. The Morgan fingerprint density at radius 1 is 1.32 bits per heavy atom. The molecule has 4 heteroatoms. The fraction of sp³-hybridized carbons (Fsp3) is 0.933. The zero-order chi connectivity index (χ0) is 15.1. The smallest absolute Gasteiger partial charge is 0.405 e. The maximum Gasteiger partial charge on any atom is 0.405 e. The van der Waals surface area contributed by atoms with Crippen LogP contribution >= 0.6 is 0 Å². The summed E-state index contributed by atoms with van der Waals surface area (Å²) in [5, 5.41) is 8.95. The van der Waals surface area contributed by atoms with Gasteiger partial charge in [0.25, 0.3) is 0 Å². The highest BCUT2D eigenvalue weighted by molar-refractivity contribution is 5.65. The van der Waals surface area contributed by atoms with Crippen molar-refractivity contribution in [1.82, 2.24) is 0 Å². The number of hydrogen-bond acceptors (Lipinski definition) is 3. The van der Waals surface area contributed by atoms with Gasteiger partial charge in [0.15, 0.2) is 0 Å². The van der Waals surface area contributed by atoms with E-state index in [0.29, 0.717) is 12.5 Å². The lowest BCUT2D eigenvalue weighted by atomic mass is 9.77. The molecule has 1 saturated carbocycles. The second kappa shape index (κ2) is 8.41. The molecule has 19 heavy (non-hydrogen) atoms. The number of primary amides is 1. The topological polar surface area (TPSA) is 72.5 Å². The number of aliphatic hydroxyl groups excluding tert-OH is 1. The minimum atomic E-state index is -0.725. The molecule has 1 rings (SSSR count). The van der Waals surface area contributed by atoms with Crippen molar-refractivity contribution in [2.45, 2.75) is 65.9 Å². The molecule has 0 saturated heterocycles. The lowest BCUT2D eigenvalue weighted by molar-refractivity contribution is 0.0600. The third-order valence-corrected chi connectivity index (χ3v) is 3.56. The molecule has 0 aromatic carbocycles. The quantitative estimate of drug-likeness (QED) is 0.810. The molecule has 0 aromatic heterocycles. The molecule has 114 valence electrons. The standard InChI is InChI=1S/C10H20O.C5H11NO2/c1-8-3-5-10(6-4-8)9(2)7-11;1-5(2,3)8-4(6)7/h8-11H,3-7H2,1-2H3;1-3H3,(H2,6,7). The first-order valence-electron chi connectivity index (χ1n) is 7.25. The summed E-state index contributed by atoms with van der Waals surface area (Å²) in [7, 11) is 0. The number of ether oxygens (including phenoxy) is 1. The molecule has 0 aromatic rings. The van der Waals surface area contributed by atoms with Gasteiger partial charge in [0.2, 0.25) is 0 Å². The van der Waals surface area contributed by atoms with E-state index < -0.39 is 11.7 Å². The van der Waals surface area contributed by atoms with Gasteiger partial charge >= 0.3 is 6.09 Å². The van der Waals surface area contributed by atoms with Crippen LogP contribution in [0.2, 0.25) is 0 Å². The van der Waals surface area contributed by atoms with Gasteiger partial charge in [-0.25, -0.2) is 4.79 Å². The molecule has 4 nitrogen and oxygen atoms in total. The average molecular weight is 273 g/mol. The maximum atomic E-state index is 10.0. The van der Waals surface area contributed by atoms with E-state index in [2.05, 4.69) is 18.6 Å². The van der Waals surface area contributed by atoms with Crippen LogP contribution in [-0.4, -0.2) is 23.4 Å². The van der Waals surface area contributed by atoms with Gasteiger partial charge in [-0.3, -0.25) is 0 Å². The summed E-state index contributed by atoms with van der Waals surface area (Å²) in [6, 6.07) is 0. The van der Waals surface area contributed by atoms with Crippen LogP contribution in [0.4, 0.5) is 4.79 Å². The molecule has 0 spiro atoms. The van der Waals surface area contributed by atoms with Crippen molar-refractivity contribution in [2.75, 3.05) is 6.61 Å². The first kappa shape index (κ1) is 18.2. The third kappa shape index (κ3) is 9.77. The summed E-state index contributed by atoms with van der Waals surface area (Å²) in [6.45, 7) is 10.2. The molecule has 1 fully saturated rings. The summed E-state index contributed by atoms with van der Waals surface area (Å²) in [5.41, 5.74) is 4.26. The Kier molecular flexibility index (Phi) is 8.07. The van der Waals surface area contributed by atoms with Crippen molar-refractivity contribution in [3.05, 3.63) is 0 Å². The Hall–Kier alpha value is -0.770. The van der Waals surface area contributed by atoms with Crippen LogP contribution < -0.4 is 5.73 Å². The van der Waals surface area contributed by atoms with Crippen molar-refractivity contribution >= 4 is 6.09 Å². The zero-order valence-electron chi connectivity index (χ0n) is 13.1. The van der Waals surface area contributed by atoms with Gasteiger partial charge in [0.1, 0.15) is 5.60 Å². The van der Waals surface area contributed by atoms with Crippen molar-refractivity contribution in [3.63, 3.8) is 0 Å². The first-order chi connectivity index (χ1) is 8.65. The Labute approximate surface area is 117 Å². The molecular weight excluding hydrogens is 242 g/mol. The van der Waals surface area contributed by atoms with Crippen molar-refractivity contribution in [1.29, 1.82) is 0 Å². The van der Waals surface area contributed by atoms with Gasteiger partial charge in [0.05, 0.1) is 0 Å². The number of nitrogens with two attached hydrogens (primary N) is 1. The predicted octanol–water partition coefficient (Wildman–Crippen LogP) is 3.32. The Morgan fingerprint density at radius 2 is 1.79 bits per heavy atom. The second-order valence-corrected chi connectivity index (χ2v) is 6.71. The Balaban J connectivity index is 0.000000362. The largest absolute Gasteiger partial charge is 0.444 e. The predicted molar refractivity (Wildman–Crippen MR) is 77.8 cm³/mol. The van der Waals surface area contributed by atoms with Gasteiger partial charge in [-0.2, -0.15) is 0 Å². The fourth-order valence-electron chi connectivity index (χ4n) is 2.31. The van der Waals surface area contributed by atoms with E-state index in [1.165, 1.54) is 25.7 Å². The van der Waals surface area contributed by atoms with Crippen LogP contribution in [0, 0.1) is 17.8 Å². The molecule has 0 bridgehead atoms. The number of carbonyl (C=O) groups is 1. The summed E-state index contributed by atoms with van der Waals surface area (Å²) in [6.07, 6.45) is 4.69. The Morgan fingerprint density at radius 3 is 2.05 bits per heavy atom. The molecular formula is C15H31NO3. The number of amides is 1. The van der Waals surface area contributed by atoms with E-state index in [9.17, 15) is 4.79 Å². The van der Waals surface area contributed by atoms with Crippen LogP contribution in [0.25, 0.3) is 0 Å². The number of aliphatic hydroxyl groups is 1. The monoisotopic (exact) mass is 273 g/mol. The van der Waals surface area contributed by atoms with Crippen LogP contribution in [0.15, 0.2) is 0 Å². The minimum Gasteiger partial charge on any atom is -0.444 e. The molecule has 1 aliphatic rings. The molecule has 1 amide bonds. The highest BCUT2D eigenvalue weighted by Gasteiger charge is 2.22. The van der Waals surface area contributed by atoms with E-state index in [1.54, 1.807) is 20.8 Å². The highest BCUT2D eigenvalue weighted by atomic mass is 16.6. The summed E-state index contributed by atoms with van der Waals surface area (Å²) < 4.78 is 4.58. The van der Waals surface area contributed by atoms with Gasteiger partial charge in [-0.1, -0.05) is 26.7 Å². The van der Waals surface area contributed by atoms with Crippen molar-refractivity contribution in [2.24, 2.45) is 23.5 Å². The maximum absolute atomic E-state index is 10.0. The molecule has 0 aliphatic heterocycles. The van der Waals surface area contributed by atoms with Crippen LogP contribution in [-0.2, 0) is 4.74 Å². The van der Waals surface area contributed by atoms with E-state index in [1.807, 2.05) is 0 Å². The molecule has 1 atom stereocenters. The van der Waals surface area contributed by atoms with Gasteiger partial charge in [-0.05, 0) is 51.4 Å².